The number of piperazine rings is 1. The molecule has 39 heavy (non-hydrogen) atoms. The summed E-state index contributed by atoms with van der Waals surface area (Å²) in [5, 5.41) is 24.8. The number of halogens is 2. The van der Waals surface area contributed by atoms with Gasteiger partial charge in [-0.05, 0) is 60.3 Å². The number of benzene rings is 3. The van der Waals surface area contributed by atoms with Crippen molar-refractivity contribution in [2.75, 3.05) is 32.8 Å². The molecule has 1 atom stereocenters. The first-order valence-corrected chi connectivity index (χ1v) is 12.8. The molecule has 0 aromatic heterocycles. The van der Waals surface area contributed by atoms with Crippen LogP contribution in [0.25, 0.3) is 0 Å². The van der Waals surface area contributed by atoms with E-state index in [0.717, 1.165) is 56.7 Å². The van der Waals surface area contributed by atoms with Crippen LogP contribution in [0.2, 0.25) is 0 Å². The van der Waals surface area contributed by atoms with E-state index in [4.69, 9.17) is 19.8 Å². The maximum Gasteiger partial charge on any atom is 0.414 e. The zero-order chi connectivity index (χ0) is 28.2. The van der Waals surface area contributed by atoms with Gasteiger partial charge in [0.2, 0.25) is 0 Å². The fourth-order valence-electron chi connectivity index (χ4n) is 4.82. The fourth-order valence-corrected chi connectivity index (χ4v) is 4.82. The molecule has 0 spiro atoms. The van der Waals surface area contributed by atoms with Crippen LogP contribution >= 0.6 is 0 Å². The highest BCUT2D eigenvalue weighted by molar-refractivity contribution is 6.27. The Hall–Kier alpha value is -3.66. The lowest BCUT2D eigenvalue weighted by molar-refractivity contribution is -0.159. The van der Waals surface area contributed by atoms with Gasteiger partial charge in [-0.25, -0.2) is 18.4 Å². The Kier molecular flexibility index (Phi) is 11.5. The number of hydrogen-bond acceptors (Lipinski definition) is 5. The van der Waals surface area contributed by atoms with Crippen LogP contribution in [-0.2, 0) is 16.1 Å². The van der Waals surface area contributed by atoms with E-state index in [1.54, 1.807) is 0 Å². The zero-order valence-electron chi connectivity index (χ0n) is 21.6. The third kappa shape index (κ3) is 9.55. The highest BCUT2D eigenvalue weighted by Gasteiger charge is 2.26. The number of carboxylic acid groups (broad SMARTS) is 2. The number of carbonyl (C=O) groups is 2. The summed E-state index contributed by atoms with van der Waals surface area (Å²) in [5.74, 6) is -4.07. The van der Waals surface area contributed by atoms with Gasteiger partial charge in [0.1, 0.15) is 11.6 Å². The van der Waals surface area contributed by atoms with Crippen LogP contribution in [0.1, 0.15) is 35.4 Å². The third-order valence-corrected chi connectivity index (χ3v) is 6.81. The van der Waals surface area contributed by atoms with E-state index in [1.165, 1.54) is 29.8 Å². The Morgan fingerprint density at radius 1 is 0.821 bits per heavy atom. The van der Waals surface area contributed by atoms with Crippen molar-refractivity contribution in [2.24, 2.45) is 0 Å². The zero-order valence-corrected chi connectivity index (χ0v) is 21.6. The van der Waals surface area contributed by atoms with Crippen LogP contribution in [0.3, 0.4) is 0 Å². The first-order chi connectivity index (χ1) is 18.8. The van der Waals surface area contributed by atoms with Crippen LogP contribution < -0.4 is 0 Å². The number of aliphatic hydroxyl groups excluding tert-OH is 1. The van der Waals surface area contributed by atoms with Gasteiger partial charge in [0.05, 0.1) is 6.61 Å². The molecule has 1 aliphatic heterocycles. The van der Waals surface area contributed by atoms with E-state index < -0.39 is 11.9 Å². The molecule has 9 heteroatoms. The van der Waals surface area contributed by atoms with Crippen LogP contribution in [0.5, 0.6) is 0 Å². The molecule has 3 aromatic rings. The average Bonchev–Trinajstić information content (AvgIpc) is 2.94. The van der Waals surface area contributed by atoms with E-state index in [0.29, 0.717) is 0 Å². The molecule has 1 aliphatic rings. The van der Waals surface area contributed by atoms with Crippen molar-refractivity contribution in [1.29, 1.82) is 0 Å². The second-order valence-electron chi connectivity index (χ2n) is 9.50. The quantitative estimate of drug-likeness (QED) is 0.350. The fraction of sp³-hybridized carbons (Fsp3) is 0.333. The minimum atomic E-state index is -1.82. The van der Waals surface area contributed by atoms with Crippen molar-refractivity contribution in [2.45, 2.75) is 31.3 Å². The molecular weight excluding hydrogens is 506 g/mol. The molecule has 0 saturated carbocycles. The molecule has 0 bridgehead atoms. The van der Waals surface area contributed by atoms with Crippen molar-refractivity contribution in [1.82, 2.24) is 9.80 Å². The van der Waals surface area contributed by atoms with Crippen LogP contribution in [0.15, 0.2) is 78.9 Å². The maximum atomic E-state index is 13.5. The SMILES string of the molecule is O=C(O)C(=O)O.OCC1CN(Cc2ccccc2)CCN1CCCC(c1ccc(F)cc1)c1ccc(F)cc1. The van der Waals surface area contributed by atoms with Gasteiger partial charge in [0.25, 0.3) is 0 Å². The molecule has 3 aromatic carbocycles. The lowest BCUT2D eigenvalue weighted by Gasteiger charge is -2.41. The van der Waals surface area contributed by atoms with Crippen molar-refractivity contribution in [3.8, 4) is 0 Å². The predicted octanol–water partition coefficient (Wildman–Crippen LogP) is 4.21. The summed E-state index contributed by atoms with van der Waals surface area (Å²) in [6.07, 6.45) is 1.81. The Labute approximate surface area is 226 Å². The molecule has 4 rings (SSSR count). The lowest BCUT2D eigenvalue weighted by atomic mass is 9.87. The summed E-state index contributed by atoms with van der Waals surface area (Å²) in [6.45, 7) is 4.70. The number of aliphatic hydroxyl groups is 1. The van der Waals surface area contributed by atoms with Gasteiger partial charge in [-0.15, -0.1) is 0 Å². The molecule has 7 nitrogen and oxygen atoms in total. The predicted molar refractivity (Wildman–Crippen MR) is 143 cm³/mol. The van der Waals surface area contributed by atoms with Crippen LogP contribution in [0, 0.1) is 11.6 Å². The molecular formula is C30H34F2N2O5. The van der Waals surface area contributed by atoms with Crippen molar-refractivity contribution in [3.63, 3.8) is 0 Å². The summed E-state index contributed by atoms with van der Waals surface area (Å²) >= 11 is 0. The van der Waals surface area contributed by atoms with Gasteiger partial charge in [0.15, 0.2) is 0 Å². The van der Waals surface area contributed by atoms with E-state index in [2.05, 4.69) is 34.1 Å². The first kappa shape index (κ1) is 29.9. The number of rotatable bonds is 9. The minimum Gasteiger partial charge on any atom is -0.473 e. The topological polar surface area (TPSA) is 101 Å². The summed E-state index contributed by atoms with van der Waals surface area (Å²) < 4.78 is 26.9. The van der Waals surface area contributed by atoms with Gasteiger partial charge < -0.3 is 15.3 Å². The van der Waals surface area contributed by atoms with Crippen LogP contribution in [0.4, 0.5) is 8.78 Å². The Balaban J connectivity index is 0.000000631. The van der Waals surface area contributed by atoms with Gasteiger partial charge in [-0.1, -0.05) is 54.6 Å². The van der Waals surface area contributed by atoms with Gasteiger partial charge >= 0.3 is 11.9 Å². The van der Waals surface area contributed by atoms with E-state index >= 15 is 0 Å². The molecule has 0 radical (unpaired) electrons. The highest BCUT2D eigenvalue weighted by atomic mass is 19.1. The van der Waals surface area contributed by atoms with Crippen molar-refractivity contribution >= 4 is 11.9 Å². The lowest BCUT2D eigenvalue weighted by Crippen LogP contribution is -2.54. The molecule has 0 aliphatic carbocycles. The van der Waals surface area contributed by atoms with Crippen molar-refractivity contribution in [3.05, 3.63) is 107 Å². The summed E-state index contributed by atoms with van der Waals surface area (Å²) in [7, 11) is 0. The van der Waals surface area contributed by atoms with Crippen molar-refractivity contribution < 1.29 is 33.7 Å². The number of carboxylic acids is 2. The monoisotopic (exact) mass is 540 g/mol. The van der Waals surface area contributed by atoms with Gasteiger partial charge in [-0.2, -0.15) is 0 Å². The van der Waals surface area contributed by atoms with Crippen LogP contribution in [-0.4, -0.2) is 75.9 Å². The smallest absolute Gasteiger partial charge is 0.414 e. The molecule has 1 unspecified atom stereocenters. The standard InChI is InChI=1S/C28H32F2N2O.C2H2O4/c29-25-12-8-23(9-13-25)28(24-10-14-26(30)15-11-24)7-4-16-32-18-17-31(20-27(32)21-33)19-22-5-2-1-3-6-22;3-1(4)2(5)6/h1-3,5-6,8-15,27-28,33H,4,7,16-21H2;(H,3,4)(H,5,6). The number of aliphatic carboxylic acids is 2. The number of hydrogen-bond donors (Lipinski definition) is 3. The molecule has 1 heterocycles. The highest BCUT2D eigenvalue weighted by Crippen LogP contribution is 2.30. The second-order valence-corrected chi connectivity index (χ2v) is 9.50. The molecule has 1 saturated heterocycles. The second kappa shape index (κ2) is 15.1. The number of nitrogens with zero attached hydrogens (tertiary/aromatic N) is 2. The summed E-state index contributed by atoms with van der Waals surface area (Å²) in [4.78, 5) is 23.0. The van der Waals surface area contributed by atoms with Gasteiger partial charge in [0, 0.05) is 38.1 Å². The van der Waals surface area contributed by atoms with Gasteiger partial charge in [-0.3, -0.25) is 9.80 Å². The van der Waals surface area contributed by atoms with E-state index in [9.17, 15) is 13.9 Å². The molecule has 0 amide bonds. The summed E-state index contributed by atoms with van der Waals surface area (Å²) in [5.41, 5.74) is 3.37. The van der Waals surface area contributed by atoms with E-state index in [-0.39, 0.29) is 30.2 Å². The normalized spacial score (nSPS) is 15.9. The minimum absolute atomic E-state index is 0.0816. The largest absolute Gasteiger partial charge is 0.473 e. The molecule has 208 valence electrons. The Morgan fingerprint density at radius 2 is 1.36 bits per heavy atom. The Morgan fingerprint density at radius 3 is 1.85 bits per heavy atom. The average molecular weight is 541 g/mol. The maximum absolute atomic E-state index is 13.5. The van der Waals surface area contributed by atoms with E-state index in [1.807, 2.05) is 30.3 Å². The summed E-state index contributed by atoms with van der Waals surface area (Å²) in [6, 6.07) is 23.8. The molecule has 1 fully saturated rings. The Bertz CT molecular complexity index is 1120. The third-order valence-electron chi connectivity index (χ3n) is 6.81. The first-order valence-electron chi connectivity index (χ1n) is 12.8. The molecule has 3 N–H and O–H groups in total.